The molecule has 0 saturated carbocycles. The molecule has 3 heteroatoms. The van der Waals surface area contributed by atoms with Gasteiger partial charge in [0.1, 0.15) is 0 Å². The van der Waals surface area contributed by atoms with Gasteiger partial charge in [-0.3, -0.25) is 0 Å². The van der Waals surface area contributed by atoms with Crippen LogP contribution in [0.3, 0.4) is 0 Å². The van der Waals surface area contributed by atoms with Crippen molar-refractivity contribution in [2.45, 2.75) is 32.1 Å². The first kappa shape index (κ1) is 8.60. The second-order valence-electron chi connectivity index (χ2n) is 3.61. The molecule has 0 saturated heterocycles. The van der Waals surface area contributed by atoms with Gasteiger partial charge < -0.3 is 4.98 Å². The summed E-state index contributed by atoms with van der Waals surface area (Å²) in [7, 11) is 0. The largest absolute Gasteiger partial charge is 0.347 e. The molecule has 0 aliphatic carbocycles. The average Bonchev–Trinajstić information content (AvgIpc) is 2.31. The van der Waals surface area contributed by atoms with Gasteiger partial charge in [-0.25, -0.2) is 4.98 Å². The van der Waals surface area contributed by atoms with Gasteiger partial charge in [-0.1, -0.05) is 20.8 Å². The van der Waals surface area contributed by atoms with Crippen LogP contribution in [0, 0.1) is 0 Å². The first-order chi connectivity index (χ1) is 5.05. The lowest BCUT2D eigenvalue weighted by molar-refractivity contribution is 0.567. The molecule has 0 aliphatic rings. The van der Waals surface area contributed by atoms with Crippen molar-refractivity contribution >= 4 is 11.6 Å². The van der Waals surface area contributed by atoms with Crippen molar-refractivity contribution in [2.75, 3.05) is 0 Å². The van der Waals surface area contributed by atoms with Crippen LogP contribution in [0.5, 0.6) is 0 Å². The molecule has 0 aromatic carbocycles. The molecule has 0 amide bonds. The minimum atomic E-state index is 0.0875. The van der Waals surface area contributed by atoms with Crippen LogP contribution in [-0.2, 0) is 11.3 Å². The van der Waals surface area contributed by atoms with Gasteiger partial charge >= 0.3 is 0 Å². The molecule has 1 heterocycles. The molecule has 11 heavy (non-hydrogen) atoms. The van der Waals surface area contributed by atoms with Crippen molar-refractivity contribution in [1.29, 1.82) is 0 Å². The molecule has 0 atom stereocenters. The number of halogens is 1. The van der Waals surface area contributed by atoms with Gasteiger partial charge in [0.15, 0.2) is 0 Å². The van der Waals surface area contributed by atoms with Crippen LogP contribution in [0.4, 0.5) is 0 Å². The fourth-order valence-corrected chi connectivity index (χ4v) is 1.27. The van der Waals surface area contributed by atoms with Crippen molar-refractivity contribution in [3.63, 3.8) is 0 Å². The lowest BCUT2D eigenvalue weighted by Crippen LogP contribution is -2.13. The Balaban J connectivity index is 3.02. The van der Waals surface area contributed by atoms with Gasteiger partial charge in [0.2, 0.25) is 0 Å². The van der Waals surface area contributed by atoms with Gasteiger partial charge in [0.05, 0.1) is 23.6 Å². The molecule has 0 bridgehead atoms. The number of rotatable bonds is 1. The lowest BCUT2D eigenvalue weighted by Gasteiger charge is -2.16. The molecule has 0 unspecified atom stereocenters. The maximum atomic E-state index is 5.71. The summed E-state index contributed by atoms with van der Waals surface area (Å²) in [5, 5.41) is 0. The number of hydrogen-bond donors (Lipinski definition) is 1. The number of imidazole rings is 1. The van der Waals surface area contributed by atoms with Crippen LogP contribution in [0.25, 0.3) is 0 Å². The fourth-order valence-electron chi connectivity index (χ4n) is 1.07. The number of aromatic nitrogens is 2. The number of alkyl halides is 1. The summed E-state index contributed by atoms with van der Waals surface area (Å²) in [6.07, 6.45) is 1.69. The Morgan fingerprint density at radius 3 is 2.55 bits per heavy atom. The molecule has 62 valence electrons. The van der Waals surface area contributed by atoms with Crippen LogP contribution in [0.15, 0.2) is 6.33 Å². The smallest absolute Gasteiger partial charge is 0.0925 e. The van der Waals surface area contributed by atoms with Gasteiger partial charge in [-0.15, -0.1) is 11.6 Å². The molecule has 1 aromatic heterocycles. The highest BCUT2D eigenvalue weighted by Gasteiger charge is 2.19. The van der Waals surface area contributed by atoms with Crippen LogP contribution in [-0.4, -0.2) is 9.97 Å². The summed E-state index contributed by atoms with van der Waals surface area (Å²) < 4.78 is 0. The molecule has 1 N–H and O–H groups in total. The average molecular weight is 173 g/mol. The second kappa shape index (κ2) is 2.86. The molecule has 0 spiro atoms. The van der Waals surface area contributed by atoms with Gasteiger partial charge in [0.25, 0.3) is 0 Å². The highest BCUT2D eigenvalue weighted by Crippen LogP contribution is 2.23. The van der Waals surface area contributed by atoms with E-state index in [2.05, 4.69) is 30.7 Å². The number of H-pyrrole nitrogens is 1. The molecule has 0 radical (unpaired) electrons. The predicted molar refractivity (Wildman–Crippen MR) is 46.8 cm³/mol. The molecular formula is C8H13ClN2. The summed E-state index contributed by atoms with van der Waals surface area (Å²) in [5.74, 6) is 0.507. The summed E-state index contributed by atoms with van der Waals surface area (Å²) in [6.45, 7) is 6.37. The van der Waals surface area contributed by atoms with E-state index in [4.69, 9.17) is 11.6 Å². The van der Waals surface area contributed by atoms with E-state index in [9.17, 15) is 0 Å². The second-order valence-corrected chi connectivity index (χ2v) is 3.88. The zero-order chi connectivity index (χ0) is 8.48. The highest BCUT2D eigenvalue weighted by atomic mass is 35.5. The van der Waals surface area contributed by atoms with E-state index in [0.717, 1.165) is 11.4 Å². The van der Waals surface area contributed by atoms with E-state index >= 15 is 0 Å². The Morgan fingerprint density at radius 1 is 1.55 bits per heavy atom. The van der Waals surface area contributed by atoms with Crippen LogP contribution >= 0.6 is 11.6 Å². The van der Waals surface area contributed by atoms with Crippen molar-refractivity contribution in [3.05, 3.63) is 17.7 Å². The Morgan fingerprint density at radius 2 is 2.18 bits per heavy atom. The lowest BCUT2D eigenvalue weighted by atomic mass is 9.91. The number of hydrogen-bond acceptors (Lipinski definition) is 1. The summed E-state index contributed by atoms with van der Waals surface area (Å²) in [6, 6.07) is 0. The van der Waals surface area contributed by atoms with Gasteiger partial charge in [0, 0.05) is 5.41 Å². The zero-order valence-corrected chi connectivity index (χ0v) is 7.87. The Labute approximate surface area is 72.0 Å². The van der Waals surface area contributed by atoms with Crippen molar-refractivity contribution in [2.24, 2.45) is 0 Å². The minimum absolute atomic E-state index is 0.0875. The maximum Gasteiger partial charge on any atom is 0.0925 e. The molecule has 0 aliphatic heterocycles. The van der Waals surface area contributed by atoms with Crippen molar-refractivity contribution in [3.8, 4) is 0 Å². The number of nitrogens with one attached hydrogen (secondary N) is 1. The minimum Gasteiger partial charge on any atom is -0.347 e. The summed E-state index contributed by atoms with van der Waals surface area (Å²) >= 11 is 5.71. The van der Waals surface area contributed by atoms with Crippen molar-refractivity contribution in [1.82, 2.24) is 9.97 Å². The Hall–Kier alpha value is -0.500. The molecule has 0 fully saturated rings. The quantitative estimate of drug-likeness (QED) is 0.648. The molecule has 2 nitrogen and oxygen atoms in total. The van der Waals surface area contributed by atoms with E-state index < -0.39 is 0 Å². The maximum absolute atomic E-state index is 5.71. The monoisotopic (exact) mass is 172 g/mol. The summed E-state index contributed by atoms with van der Waals surface area (Å²) in [4.78, 5) is 7.24. The van der Waals surface area contributed by atoms with Crippen LogP contribution in [0.1, 0.15) is 32.2 Å². The van der Waals surface area contributed by atoms with Crippen LogP contribution < -0.4 is 0 Å². The highest BCUT2D eigenvalue weighted by molar-refractivity contribution is 6.17. The fraction of sp³-hybridized carbons (Fsp3) is 0.625. The molecular weight excluding hydrogens is 160 g/mol. The van der Waals surface area contributed by atoms with Crippen molar-refractivity contribution < 1.29 is 0 Å². The molecule has 1 aromatic rings. The topological polar surface area (TPSA) is 28.7 Å². The first-order valence-corrected chi connectivity index (χ1v) is 4.18. The SMILES string of the molecule is CC(C)(C)c1nc[nH]c1CCl. The van der Waals surface area contributed by atoms with E-state index in [1.807, 2.05) is 0 Å². The first-order valence-electron chi connectivity index (χ1n) is 3.64. The van der Waals surface area contributed by atoms with Crippen LogP contribution in [0.2, 0.25) is 0 Å². The third-order valence-electron chi connectivity index (χ3n) is 1.56. The van der Waals surface area contributed by atoms with E-state index in [0.29, 0.717) is 5.88 Å². The Bertz CT molecular complexity index is 234. The van der Waals surface area contributed by atoms with Gasteiger partial charge in [-0.05, 0) is 0 Å². The van der Waals surface area contributed by atoms with E-state index in [1.54, 1.807) is 6.33 Å². The third kappa shape index (κ3) is 1.74. The number of aromatic amines is 1. The number of nitrogens with zero attached hydrogens (tertiary/aromatic N) is 1. The third-order valence-corrected chi connectivity index (χ3v) is 1.83. The zero-order valence-electron chi connectivity index (χ0n) is 7.11. The Kier molecular flexibility index (Phi) is 2.23. The predicted octanol–water partition coefficient (Wildman–Crippen LogP) is 2.45. The van der Waals surface area contributed by atoms with E-state index in [-0.39, 0.29) is 5.41 Å². The van der Waals surface area contributed by atoms with Gasteiger partial charge in [-0.2, -0.15) is 0 Å². The summed E-state index contributed by atoms with van der Waals surface area (Å²) in [5.41, 5.74) is 2.18. The standard InChI is InChI=1S/C8H13ClN2/c1-8(2,3)7-6(4-9)10-5-11-7/h5H,4H2,1-3H3,(H,10,11). The molecule has 1 rings (SSSR count). The van der Waals surface area contributed by atoms with E-state index in [1.165, 1.54) is 0 Å². The normalized spacial score (nSPS) is 12.0.